The third-order valence-corrected chi connectivity index (χ3v) is 3.56. The van der Waals surface area contributed by atoms with Gasteiger partial charge in [0.05, 0.1) is 17.1 Å². The predicted octanol–water partition coefficient (Wildman–Crippen LogP) is 2.21. The Balaban J connectivity index is 2.71. The van der Waals surface area contributed by atoms with E-state index in [2.05, 4.69) is 6.92 Å². The van der Waals surface area contributed by atoms with Gasteiger partial charge in [-0.1, -0.05) is 26.2 Å². The molecule has 5 nitrogen and oxygen atoms in total. The summed E-state index contributed by atoms with van der Waals surface area (Å²) >= 11 is 0. The molecule has 0 saturated heterocycles. The van der Waals surface area contributed by atoms with Crippen LogP contribution in [0.4, 0.5) is 4.39 Å². The zero-order valence-corrected chi connectivity index (χ0v) is 12.1. The van der Waals surface area contributed by atoms with E-state index in [0.717, 1.165) is 43.9 Å². The SMILES string of the molecule is CCCCCCOC(=O)c1cc(F)cc(S(N)(=O)=O)c1. The van der Waals surface area contributed by atoms with Crippen LogP contribution in [-0.2, 0) is 14.8 Å². The summed E-state index contributed by atoms with van der Waals surface area (Å²) in [6.45, 7) is 2.29. The highest BCUT2D eigenvalue weighted by atomic mass is 32.2. The monoisotopic (exact) mass is 303 g/mol. The fourth-order valence-electron chi connectivity index (χ4n) is 1.62. The minimum atomic E-state index is -4.06. The Hall–Kier alpha value is -1.47. The van der Waals surface area contributed by atoms with Crippen LogP contribution >= 0.6 is 0 Å². The standard InChI is InChI=1S/C13H18FNO4S/c1-2-3-4-5-6-19-13(16)10-7-11(14)9-12(8-10)20(15,17)18/h7-9H,2-6H2,1H3,(H2,15,17,18). The van der Waals surface area contributed by atoms with E-state index in [-0.39, 0.29) is 12.2 Å². The van der Waals surface area contributed by atoms with E-state index in [1.807, 2.05) is 0 Å². The Morgan fingerprint density at radius 1 is 1.25 bits per heavy atom. The smallest absolute Gasteiger partial charge is 0.338 e. The summed E-state index contributed by atoms with van der Waals surface area (Å²) in [5, 5.41) is 4.90. The first kappa shape index (κ1) is 16.6. The van der Waals surface area contributed by atoms with Crippen LogP contribution in [0.3, 0.4) is 0 Å². The molecule has 1 aromatic rings. The summed E-state index contributed by atoms with van der Waals surface area (Å²) < 4.78 is 40.5. The number of primary sulfonamides is 1. The number of hydrogen-bond acceptors (Lipinski definition) is 4. The molecular formula is C13H18FNO4S. The average molecular weight is 303 g/mol. The number of halogens is 1. The first-order valence-electron chi connectivity index (χ1n) is 6.35. The highest BCUT2D eigenvalue weighted by Gasteiger charge is 2.15. The molecule has 0 atom stereocenters. The van der Waals surface area contributed by atoms with Crippen molar-refractivity contribution in [3.8, 4) is 0 Å². The molecule has 20 heavy (non-hydrogen) atoms. The van der Waals surface area contributed by atoms with Crippen LogP contribution in [0.2, 0.25) is 0 Å². The molecular weight excluding hydrogens is 285 g/mol. The van der Waals surface area contributed by atoms with Crippen molar-refractivity contribution in [1.82, 2.24) is 0 Å². The number of unbranched alkanes of at least 4 members (excludes halogenated alkanes) is 3. The van der Waals surface area contributed by atoms with Crippen molar-refractivity contribution in [3.63, 3.8) is 0 Å². The minimum Gasteiger partial charge on any atom is -0.462 e. The van der Waals surface area contributed by atoms with Crippen LogP contribution in [-0.4, -0.2) is 21.0 Å². The molecule has 0 saturated carbocycles. The van der Waals surface area contributed by atoms with Crippen LogP contribution in [0.1, 0.15) is 43.0 Å². The third kappa shape index (κ3) is 5.26. The number of nitrogens with two attached hydrogens (primary N) is 1. The largest absolute Gasteiger partial charge is 0.462 e. The van der Waals surface area contributed by atoms with E-state index in [9.17, 15) is 17.6 Å². The van der Waals surface area contributed by atoms with Gasteiger partial charge < -0.3 is 4.74 Å². The summed E-state index contributed by atoms with van der Waals surface area (Å²) in [6, 6.07) is 2.68. The van der Waals surface area contributed by atoms with Crippen molar-refractivity contribution >= 4 is 16.0 Å². The number of sulfonamides is 1. The summed E-state index contributed by atoms with van der Waals surface area (Å²) in [5.41, 5.74) is -0.162. The van der Waals surface area contributed by atoms with Gasteiger partial charge in [0.2, 0.25) is 10.0 Å². The first-order valence-corrected chi connectivity index (χ1v) is 7.89. The second-order valence-electron chi connectivity index (χ2n) is 4.42. The maximum absolute atomic E-state index is 13.3. The van der Waals surface area contributed by atoms with E-state index >= 15 is 0 Å². The summed E-state index contributed by atoms with van der Waals surface area (Å²) in [5.74, 6) is -1.61. The van der Waals surface area contributed by atoms with Crippen molar-refractivity contribution in [2.45, 2.75) is 37.5 Å². The maximum atomic E-state index is 13.3. The number of esters is 1. The van der Waals surface area contributed by atoms with Crippen molar-refractivity contribution in [2.24, 2.45) is 5.14 Å². The van der Waals surface area contributed by atoms with Gasteiger partial charge >= 0.3 is 5.97 Å². The number of hydrogen-bond donors (Lipinski definition) is 1. The molecule has 112 valence electrons. The van der Waals surface area contributed by atoms with Gasteiger partial charge in [0.25, 0.3) is 0 Å². The molecule has 0 aliphatic heterocycles. The molecule has 1 aromatic carbocycles. The molecule has 0 radical (unpaired) electrons. The number of carbonyl (C=O) groups is 1. The normalized spacial score (nSPS) is 11.3. The van der Waals surface area contributed by atoms with E-state index in [1.165, 1.54) is 0 Å². The third-order valence-electron chi connectivity index (χ3n) is 2.67. The number of ether oxygens (including phenoxy) is 1. The number of rotatable bonds is 7. The van der Waals surface area contributed by atoms with E-state index in [1.54, 1.807) is 0 Å². The molecule has 1 rings (SSSR count). The molecule has 0 amide bonds. The lowest BCUT2D eigenvalue weighted by molar-refractivity contribution is 0.0497. The quantitative estimate of drug-likeness (QED) is 0.618. The topological polar surface area (TPSA) is 86.5 Å². The van der Waals surface area contributed by atoms with Gasteiger partial charge in [0.1, 0.15) is 5.82 Å². The summed E-state index contributed by atoms with van der Waals surface area (Å²) in [6.07, 6.45) is 3.77. The number of benzene rings is 1. The van der Waals surface area contributed by atoms with Crippen LogP contribution in [0.25, 0.3) is 0 Å². The lowest BCUT2D eigenvalue weighted by Crippen LogP contribution is -2.14. The molecule has 0 spiro atoms. The molecule has 0 fully saturated rings. The van der Waals surface area contributed by atoms with Crippen LogP contribution in [0, 0.1) is 5.82 Å². The van der Waals surface area contributed by atoms with Crippen molar-refractivity contribution in [1.29, 1.82) is 0 Å². The first-order chi connectivity index (χ1) is 9.34. The second-order valence-corrected chi connectivity index (χ2v) is 5.98. The zero-order chi connectivity index (χ0) is 15.2. The van der Waals surface area contributed by atoms with Crippen LogP contribution < -0.4 is 5.14 Å². The zero-order valence-electron chi connectivity index (χ0n) is 11.3. The molecule has 0 unspecified atom stereocenters. The lowest BCUT2D eigenvalue weighted by Gasteiger charge is -2.06. The fourth-order valence-corrected chi connectivity index (χ4v) is 2.19. The Labute approximate surface area is 118 Å². The van der Waals surface area contributed by atoms with Crippen LogP contribution in [0.5, 0.6) is 0 Å². The average Bonchev–Trinajstić information content (AvgIpc) is 2.36. The van der Waals surface area contributed by atoms with Crippen molar-refractivity contribution < 1.29 is 22.3 Å². The molecule has 0 heterocycles. The molecule has 0 bridgehead atoms. The Kier molecular flexibility index (Phi) is 6.09. The molecule has 0 aliphatic rings. The van der Waals surface area contributed by atoms with Gasteiger partial charge in [0.15, 0.2) is 0 Å². The molecule has 0 aliphatic carbocycles. The fraction of sp³-hybridized carbons (Fsp3) is 0.462. The van der Waals surface area contributed by atoms with Crippen molar-refractivity contribution in [3.05, 3.63) is 29.6 Å². The highest BCUT2D eigenvalue weighted by Crippen LogP contribution is 2.14. The second kappa shape index (κ2) is 7.35. The van der Waals surface area contributed by atoms with E-state index < -0.39 is 26.7 Å². The molecule has 0 aromatic heterocycles. The van der Waals surface area contributed by atoms with Crippen molar-refractivity contribution in [2.75, 3.05) is 6.61 Å². The highest BCUT2D eigenvalue weighted by molar-refractivity contribution is 7.89. The van der Waals surface area contributed by atoms with Gasteiger partial charge in [-0.2, -0.15) is 0 Å². The molecule has 2 N–H and O–H groups in total. The summed E-state index contributed by atoms with van der Waals surface area (Å²) in [4.78, 5) is 11.2. The van der Waals surface area contributed by atoms with Gasteiger partial charge in [-0.3, -0.25) is 0 Å². The van der Waals surface area contributed by atoms with Gasteiger partial charge in [-0.25, -0.2) is 22.7 Å². The Morgan fingerprint density at radius 3 is 2.55 bits per heavy atom. The minimum absolute atomic E-state index is 0.162. The van der Waals surface area contributed by atoms with E-state index in [4.69, 9.17) is 9.88 Å². The lowest BCUT2D eigenvalue weighted by atomic mass is 10.2. The number of carbonyl (C=O) groups excluding carboxylic acids is 1. The van der Waals surface area contributed by atoms with Gasteiger partial charge in [-0.15, -0.1) is 0 Å². The molecule has 7 heteroatoms. The Bertz CT molecular complexity index is 572. The van der Waals surface area contributed by atoms with Crippen LogP contribution in [0.15, 0.2) is 23.1 Å². The Morgan fingerprint density at radius 2 is 1.95 bits per heavy atom. The van der Waals surface area contributed by atoms with E-state index in [0.29, 0.717) is 0 Å². The summed E-state index contributed by atoms with van der Waals surface area (Å²) in [7, 11) is -4.06. The van der Waals surface area contributed by atoms with Gasteiger partial charge in [-0.05, 0) is 24.6 Å². The maximum Gasteiger partial charge on any atom is 0.338 e. The van der Waals surface area contributed by atoms with Gasteiger partial charge in [0, 0.05) is 0 Å². The predicted molar refractivity (Wildman–Crippen MR) is 72.2 cm³/mol.